The zero-order valence-electron chi connectivity index (χ0n) is 27.0. The second kappa shape index (κ2) is 12.9. The van der Waals surface area contributed by atoms with Crippen molar-refractivity contribution in [3.8, 4) is 16.9 Å². The van der Waals surface area contributed by atoms with Crippen LogP contribution >= 0.6 is 0 Å². The number of alkyl halides is 6. The van der Waals surface area contributed by atoms with Gasteiger partial charge in [-0.3, -0.25) is 4.90 Å². The fourth-order valence-corrected chi connectivity index (χ4v) is 6.44. The van der Waals surface area contributed by atoms with Crippen LogP contribution in [0.5, 0.6) is 5.75 Å². The van der Waals surface area contributed by atoms with Crippen molar-refractivity contribution < 1.29 is 50.1 Å². The summed E-state index contributed by atoms with van der Waals surface area (Å²) in [6, 6.07) is 13.0. The first-order chi connectivity index (χ1) is 22.4. The normalized spacial score (nSPS) is 19.7. The summed E-state index contributed by atoms with van der Waals surface area (Å²) in [5.41, 5.74) is 1.21. The van der Waals surface area contributed by atoms with Crippen molar-refractivity contribution in [1.82, 2.24) is 4.90 Å². The van der Waals surface area contributed by atoms with E-state index in [1.165, 1.54) is 12.0 Å². The molecule has 3 aromatic rings. The number of benzene rings is 3. The van der Waals surface area contributed by atoms with Gasteiger partial charge in [-0.25, -0.2) is 9.59 Å². The highest BCUT2D eigenvalue weighted by Crippen LogP contribution is 2.47. The zero-order valence-corrected chi connectivity index (χ0v) is 27.0. The number of ether oxygens (including phenoxy) is 3. The van der Waals surface area contributed by atoms with E-state index in [9.17, 15) is 35.9 Å². The summed E-state index contributed by atoms with van der Waals surface area (Å²) >= 11 is 0. The van der Waals surface area contributed by atoms with Crippen LogP contribution in [0.4, 0.5) is 31.1 Å². The molecule has 2 atom stereocenters. The molecule has 256 valence electrons. The molecule has 0 N–H and O–H groups in total. The maximum absolute atomic E-state index is 13.6. The lowest BCUT2D eigenvalue weighted by atomic mass is 9.72. The van der Waals surface area contributed by atoms with Crippen molar-refractivity contribution in [2.45, 2.75) is 64.5 Å². The molecule has 1 aliphatic carbocycles. The van der Waals surface area contributed by atoms with E-state index in [1.807, 2.05) is 18.2 Å². The molecule has 1 amide bonds. The molecule has 5 rings (SSSR count). The van der Waals surface area contributed by atoms with Gasteiger partial charge in [-0.1, -0.05) is 32.0 Å². The minimum atomic E-state index is -5.04. The Labute approximate surface area is 274 Å². The first kappa shape index (κ1) is 34.8. The highest BCUT2D eigenvalue weighted by Gasteiger charge is 2.44. The van der Waals surface area contributed by atoms with Crippen LogP contribution in [-0.4, -0.2) is 43.8 Å². The highest BCUT2D eigenvalue weighted by molar-refractivity contribution is 5.90. The molecule has 0 radical (unpaired) electrons. The SMILES string of the molecule is COC(=O)c1ccc(-c2ccc(OC)c(C3=C(CN4C(=O)O[C@H](c5cc(C(F)(F)F)cc(C(F)(F)F)c5)[C@@H]4C)CC(C)(C)CC3)c2)cc1. The number of nitrogens with zero attached hydrogens (tertiary/aromatic N) is 1. The van der Waals surface area contributed by atoms with Crippen molar-refractivity contribution in [3.05, 3.63) is 94.1 Å². The van der Waals surface area contributed by atoms with E-state index in [0.29, 0.717) is 36.3 Å². The molecule has 0 aromatic heterocycles. The molecule has 12 heteroatoms. The Kier molecular flexibility index (Phi) is 9.33. The zero-order chi connectivity index (χ0) is 35.2. The molecule has 0 spiro atoms. The van der Waals surface area contributed by atoms with Crippen LogP contribution in [0, 0.1) is 5.41 Å². The molecule has 0 saturated carbocycles. The Balaban J connectivity index is 1.53. The van der Waals surface area contributed by atoms with Gasteiger partial charge in [0, 0.05) is 12.1 Å². The molecular weight excluding hydrogens is 640 g/mol. The number of methoxy groups -OCH3 is 2. The van der Waals surface area contributed by atoms with Gasteiger partial charge in [-0.2, -0.15) is 26.3 Å². The van der Waals surface area contributed by atoms with E-state index >= 15 is 0 Å². The van der Waals surface area contributed by atoms with Gasteiger partial charge in [-0.15, -0.1) is 0 Å². The number of esters is 1. The summed E-state index contributed by atoms with van der Waals surface area (Å²) < 4.78 is 97.6. The predicted octanol–water partition coefficient (Wildman–Crippen LogP) is 9.73. The maximum atomic E-state index is 13.6. The maximum Gasteiger partial charge on any atom is 0.416 e. The Bertz CT molecular complexity index is 1710. The molecular formula is C36H35F6NO5. The standard InChI is InChI=1S/C36H35F6NO5/c1-20-31(24-14-26(35(37,38)39)17-27(15-24)36(40,41)42)48-33(45)43(20)19-25-18-34(2,3)13-12-28(25)29-16-23(10-11-30(29)46-4)21-6-8-22(9-7-21)32(44)47-5/h6-11,14-17,20,31H,12-13,18-19H2,1-5H3/t20-,31-/m0/s1. The van der Waals surface area contributed by atoms with Gasteiger partial charge in [0.15, 0.2) is 0 Å². The lowest BCUT2D eigenvalue weighted by Gasteiger charge is -2.36. The topological polar surface area (TPSA) is 65.1 Å². The molecule has 48 heavy (non-hydrogen) atoms. The number of carbonyl (C=O) groups excluding carboxylic acids is 2. The Hall–Kier alpha value is -4.48. The molecule has 2 aliphatic rings. The van der Waals surface area contributed by atoms with E-state index in [2.05, 4.69) is 13.8 Å². The van der Waals surface area contributed by atoms with Gasteiger partial charge in [0.05, 0.1) is 37.0 Å². The lowest BCUT2D eigenvalue weighted by molar-refractivity contribution is -0.143. The third-order valence-corrected chi connectivity index (χ3v) is 9.03. The van der Waals surface area contributed by atoms with Gasteiger partial charge in [-0.05, 0) is 102 Å². The Morgan fingerprint density at radius 1 is 0.917 bits per heavy atom. The van der Waals surface area contributed by atoms with E-state index in [1.54, 1.807) is 38.3 Å². The third kappa shape index (κ3) is 7.17. The molecule has 3 aromatic carbocycles. The molecule has 6 nitrogen and oxygen atoms in total. The number of cyclic esters (lactones) is 1. The average molecular weight is 676 g/mol. The van der Waals surface area contributed by atoms with Crippen molar-refractivity contribution in [3.63, 3.8) is 0 Å². The van der Waals surface area contributed by atoms with E-state index in [-0.39, 0.29) is 23.6 Å². The summed E-state index contributed by atoms with van der Waals surface area (Å²) in [6.07, 6.45) is -10.2. The summed E-state index contributed by atoms with van der Waals surface area (Å²) in [7, 11) is 2.85. The first-order valence-corrected chi connectivity index (χ1v) is 15.3. The van der Waals surface area contributed by atoms with E-state index in [0.717, 1.165) is 34.3 Å². The van der Waals surface area contributed by atoms with Crippen LogP contribution in [0.3, 0.4) is 0 Å². The molecule has 1 fully saturated rings. The van der Waals surface area contributed by atoms with Crippen LogP contribution in [0.2, 0.25) is 0 Å². The van der Waals surface area contributed by atoms with Gasteiger partial charge >= 0.3 is 24.4 Å². The molecule has 1 aliphatic heterocycles. The van der Waals surface area contributed by atoms with Crippen LogP contribution in [0.15, 0.2) is 66.2 Å². The minimum absolute atomic E-state index is 0.0545. The average Bonchev–Trinajstić information content (AvgIpc) is 3.31. The quantitative estimate of drug-likeness (QED) is 0.184. The van der Waals surface area contributed by atoms with Crippen LogP contribution in [-0.2, 0) is 21.8 Å². The smallest absolute Gasteiger partial charge is 0.416 e. The highest BCUT2D eigenvalue weighted by atomic mass is 19.4. The fraction of sp³-hybridized carbons (Fsp3) is 0.389. The molecule has 1 heterocycles. The summed E-state index contributed by atoms with van der Waals surface area (Å²) in [4.78, 5) is 26.5. The molecule has 1 saturated heterocycles. The van der Waals surface area contributed by atoms with Crippen molar-refractivity contribution in [1.29, 1.82) is 0 Å². The summed E-state index contributed by atoms with van der Waals surface area (Å²) in [5.74, 6) is 0.137. The first-order valence-electron chi connectivity index (χ1n) is 15.3. The number of hydrogen-bond donors (Lipinski definition) is 0. The summed E-state index contributed by atoms with van der Waals surface area (Å²) in [6.45, 7) is 5.80. The van der Waals surface area contributed by atoms with Crippen molar-refractivity contribution in [2.24, 2.45) is 5.41 Å². The van der Waals surface area contributed by atoms with Crippen molar-refractivity contribution in [2.75, 3.05) is 20.8 Å². The second-order valence-electron chi connectivity index (χ2n) is 12.9. The monoisotopic (exact) mass is 675 g/mol. The Morgan fingerprint density at radius 3 is 2.08 bits per heavy atom. The number of amides is 1. The fourth-order valence-electron chi connectivity index (χ4n) is 6.44. The van der Waals surface area contributed by atoms with Crippen LogP contribution in [0.1, 0.15) is 78.7 Å². The number of carbonyl (C=O) groups is 2. The van der Waals surface area contributed by atoms with Crippen molar-refractivity contribution >= 4 is 17.6 Å². The number of allylic oxidation sites excluding steroid dienone is 1. The minimum Gasteiger partial charge on any atom is -0.496 e. The van der Waals surface area contributed by atoms with E-state index < -0.39 is 47.7 Å². The lowest BCUT2D eigenvalue weighted by Crippen LogP contribution is -2.35. The largest absolute Gasteiger partial charge is 0.496 e. The van der Waals surface area contributed by atoms with Crippen LogP contribution in [0.25, 0.3) is 16.7 Å². The van der Waals surface area contributed by atoms with Gasteiger partial charge < -0.3 is 14.2 Å². The molecule has 0 unspecified atom stereocenters. The van der Waals surface area contributed by atoms with Crippen LogP contribution < -0.4 is 4.74 Å². The Morgan fingerprint density at radius 2 is 1.52 bits per heavy atom. The number of rotatable bonds is 7. The molecule has 0 bridgehead atoms. The van der Waals surface area contributed by atoms with Gasteiger partial charge in [0.1, 0.15) is 11.9 Å². The van der Waals surface area contributed by atoms with Gasteiger partial charge in [0.2, 0.25) is 0 Å². The second-order valence-corrected chi connectivity index (χ2v) is 12.9. The predicted molar refractivity (Wildman–Crippen MR) is 166 cm³/mol. The third-order valence-electron chi connectivity index (χ3n) is 9.03. The van der Waals surface area contributed by atoms with E-state index in [4.69, 9.17) is 14.2 Å². The summed E-state index contributed by atoms with van der Waals surface area (Å²) in [5, 5.41) is 0. The number of hydrogen-bond acceptors (Lipinski definition) is 5. The van der Waals surface area contributed by atoms with Gasteiger partial charge in [0.25, 0.3) is 0 Å². The number of halogens is 6.